The van der Waals surface area contributed by atoms with Crippen LogP contribution in [0.3, 0.4) is 0 Å². The second-order valence-corrected chi connectivity index (χ2v) is 4.77. The molecule has 1 amide bonds. The summed E-state index contributed by atoms with van der Waals surface area (Å²) in [7, 11) is 0. The number of carbonyl (C=O) groups is 2. The third-order valence-electron chi connectivity index (χ3n) is 3.77. The molecular formula is C14H13NO4. The number of nitrogens with zero attached hydrogens (tertiary/aromatic N) is 1. The molecule has 5 heteroatoms. The molecule has 1 atom stereocenters. The van der Waals surface area contributed by atoms with Gasteiger partial charge in [0.15, 0.2) is 5.54 Å². The van der Waals surface area contributed by atoms with E-state index in [1.54, 1.807) is 24.3 Å². The molecule has 3 rings (SSSR count). The summed E-state index contributed by atoms with van der Waals surface area (Å²) >= 11 is 0. The normalized spacial score (nSPS) is 25.8. The molecule has 1 saturated heterocycles. The van der Waals surface area contributed by atoms with E-state index in [0.29, 0.717) is 23.4 Å². The van der Waals surface area contributed by atoms with Crippen LogP contribution in [0.2, 0.25) is 0 Å². The van der Waals surface area contributed by atoms with Crippen LogP contribution >= 0.6 is 0 Å². The molecule has 2 heterocycles. The van der Waals surface area contributed by atoms with Gasteiger partial charge in [-0.25, -0.2) is 4.79 Å². The molecule has 2 aliphatic rings. The highest BCUT2D eigenvalue weighted by Crippen LogP contribution is 2.40. The highest BCUT2D eigenvalue weighted by atomic mass is 16.5. The quantitative estimate of drug-likeness (QED) is 0.870. The van der Waals surface area contributed by atoms with Gasteiger partial charge in [0.25, 0.3) is 5.91 Å². The van der Waals surface area contributed by atoms with Crippen molar-refractivity contribution in [3.8, 4) is 0 Å². The first kappa shape index (κ1) is 11.9. The number of amides is 1. The molecule has 19 heavy (non-hydrogen) atoms. The first-order chi connectivity index (χ1) is 9.08. The molecular weight excluding hydrogens is 246 g/mol. The molecule has 1 aromatic carbocycles. The largest absolute Gasteiger partial charge is 0.479 e. The standard InChI is InChI=1S/C14H13NO4/c1-9-10-4-2-3-5-11(10)12(16)15(9)14(13(17)18)6-7-19-8-14/h2-5H,1,6-8H2,(H,17,18). The van der Waals surface area contributed by atoms with Crippen LogP contribution < -0.4 is 0 Å². The van der Waals surface area contributed by atoms with Crippen LogP contribution in [-0.4, -0.2) is 40.6 Å². The molecule has 0 aromatic heterocycles. The first-order valence-corrected chi connectivity index (χ1v) is 6.02. The number of carbonyl (C=O) groups excluding carboxylic acids is 1. The van der Waals surface area contributed by atoms with Gasteiger partial charge in [-0.3, -0.25) is 9.69 Å². The van der Waals surface area contributed by atoms with Crippen LogP contribution in [0.15, 0.2) is 30.8 Å². The Morgan fingerprint density at radius 2 is 2.05 bits per heavy atom. The van der Waals surface area contributed by atoms with E-state index in [1.165, 1.54) is 4.90 Å². The summed E-state index contributed by atoms with van der Waals surface area (Å²) in [6, 6.07) is 7.03. The topological polar surface area (TPSA) is 66.8 Å². The van der Waals surface area contributed by atoms with E-state index in [4.69, 9.17) is 4.74 Å². The third-order valence-corrected chi connectivity index (χ3v) is 3.77. The maximum atomic E-state index is 12.5. The van der Waals surface area contributed by atoms with Crippen molar-refractivity contribution >= 4 is 17.6 Å². The lowest BCUT2D eigenvalue weighted by Gasteiger charge is -2.33. The van der Waals surface area contributed by atoms with E-state index in [9.17, 15) is 14.7 Å². The summed E-state index contributed by atoms with van der Waals surface area (Å²) in [5.41, 5.74) is 0.307. The molecule has 0 radical (unpaired) electrons. The summed E-state index contributed by atoms with van der Waals surface area (Å²) in [4.78, 5) is 25.4. The van der Waals surface area contributed by atoms with Crippen LogP contribution in [0.4, 0.5) is 0 Å². The minimum absolute atomic E-state index is 0.00107. The number of carboxylic acid groups (broad SMARTS) is 1. The van der Waals surface area contributed by atoms with E-state index < -0.39 is 11.5 Å². The smallest absolute Gasteiger partial charge is 0.332 e. The number of hydrogen-bond donors (Lipinski definition) is 1. The van der Waals surface area contributed by atoms with Crippen molar-refractivity contribution in [3.63, 3.8) is 0 Å². The molecule has 1 unspecified atom stereocenters. The minimum atomic E-state index is -1.33. The Balaban J connectivity index is 2.11. The molecule has 98 valence electrons. The van der Waals surface area contributed by atoms with E-state index in [-0.39, 0.29) is 18.9 Å². The number of ether oxygens (including phenoxy) is 1. The van der Waals surface area contributed by atoms with Gasteiger partial charge < -0.3 is 9.84 Å². The number of fused-ring (bicyclic) bond motifs is 1. The SMILES string of the molecule is C=C1c2ccccc2C(=O)N1C1(C(=O)O)CCOC1. The Bertz CT molecular complexity index is 552. The van der Waals surface area contributed by atoms with Crippen molar-refractivity contribution in [2.45, 2.75) is 12.0 Å². The summed E-state index contributed by atoms with van der Waals surface area (Å²) in [5, 5.41) is 9.52. The second-order valence-electron chi connectivity index (χ2n) is 4.77. The average Bonchev–Trinajstić information content (AvgIpc) is 2.97. The molecule has 0 saturated carbocycles. The number of benzene rings is 1. The van der Waals surface area contributed by atoms with Gasteiger partial charge in [-0.2, -0.15) is 0 Å². The van der Waals surface area contributed by atoms with Crippen molar-refractivity contribution in [2.75, 3.05) is 13.2 Å². The summed E-state index contributed by atoms with van der Waals surface area (Å²) in [6.45, 7) is 4.22. The fourth-order valence-corrected chi connectivity index (χ4v) is 2.73. The van der Waals surface area contributed by atoms with Gasteiger partial charge in [-0.15, -0.1) is 0 Å². The average molecular weight is 259 g/mol. The Labute approximate surface area is 110 Å². The van der Waals surface area contributed by atoms with E-state index in [1.807, 2.05) is 0 Å². The van der Waals surface area contributed by atoms with Gasteiger partial charge >= 0.3 is 5.97 Å². The third kappa shape index (κ3) is 1.45. The number of aliphatic carboxylic acids is 1. The second kappa shape index (κ2) is 3.93. The molecule has 1 N–H and O–H groups in total. The van der Waals surface area contributed by atoms with Crippen molar-refractivity contribution in [3.05, 3.63) is 42.0 Å². The van der Waals surface area contributed by atoms with Crippen molar-refractivity contribution in [1.82, 2.24) is 4.90 Å². The van der Waals surface area contributed by atoms with E-state index in [0.717, 1.165) is 0 Å². The fraction of sp³-hybridized carbons (Fsp3) is 0.286. The summed E-state index contributed by atoms with van der Waals surface area (Å²) in [6.07, 6.45) is 0.279. The molecule has 0 bridgehead atoms. The number of carboxylic acids is 1. The highest BCUT2D eigenvalue weighted by Gasteiger charge is 2.53. The maximum Gasteiger partial charge on any atom is 0.332 e. The summed E-state index contributed by atoms with van der Waals surface area (Å²) < 4.78 is 5.21. The van der Waals surface area contributed by atoms with Crippen LogP contribution in [0, 0.1) is 0 Å². The zero-order valence-corrected chi connectivity index (χ0v) is 10.3. The predicted molar refractivity (Wildman–Crippen MR) is 67.4 cm³/mol. The van der Waals surface area contributed by atoms with Crippen molar-refractivity contribution in [2.24, 2.45) is 0 Å². The van der Waals surface area contributed by atoms with Gasteiger partial charge in [0.2, 0.25) is 0 Å². The van der Waals surface area contributed by atoms with Crippen LogP contribution in [0.25, 0.3) is 5.70 Å². The Kier molecular flexibility index (Phi) is 2.46. The Morgan fingerprint density at radius 1 is 1.37 bits per heavy atom. The lowest BCUT2D eigenvalue weighted by atomic mass is 9.96. The van der Waals surface area contributed by atoms with Crippen LogP contribution in [-0.2, 0) is 9.53 Å². The van der Waals surface area contributed by atoms with Gasteiger partial charge in [-0.1, -0.05) is 24.8 Å². The van der Waals surface area contributed by atoms with Gasteiger partial charge in [-0.05, 0) is 6.07 Å². The number of hydrogen-bond acceptors (Lipinski definition) is 3. The van der Waals surface area contributed by atoms with Crippen molar-refractivity contribution < 1.29 is 19.4 Å². The van der Waals surface area contributed by atoms with Crippen LogP contribution in [0.5, 0.6) is 0 Å². The summed E-state index contributed by atoms with van der Waals surface area (Å²) in [5.74, 6) is -1.36. The minimum Gasteiger partial charge on any atom is -0.479 e. The lowest BCUT2D eigenvalue weighted by Crippen LogP contribution is -2.54. The van der Waals surface area contributed by atoms with Crippen LogP contribution in [0.1, 0.15) is 22.3 Å². The van der Waals surface area contributed by atoms with E-state index >= 15 is 0 Å². The molecule has 1 fully saturated rings. The highest BCUT2D eigenvalue weighted by molar-refractivity contribution is 6.11. The Hall–Kier alpha value is -2.14. The first-order valence-electron chi connectivity index (χ1n) is 6.02. The predicted octanol–water partition coefficient (Wildman–Crippen LogP) is 1.36. The maximum absolute atomic E-state index is 12.5. The fourth-order valence-electron chi connectivity index (χ4n) is 2.73. The molecule has 2 aliphatic heterocycles. The van der Waals surface area contributed by atoms with Gasteiger partial charge in [0.05, 0.1) is 6.61 Å². The molecule has 0 spiro atoms. The van der Waals surface area contributed by atoms with E-state index in [2.05, 4.69) is 6.58 Å². The lowest BCUT2D eigenvalue weighted by molar-refractivity contribution is -0.148. The van der Waals surface area contributed by atoms with Crippen molar-refractivity contribution in [1.29, 1.82) is 0 Å². The Morgan fingerprint density at radius 3 is 2.58 bits per heavy atom. The molecule has 1 aromatic rings. The van der Waals surface area contributed by atoms with Gasteiger partial charge in [0.1, 0.15) is 0 Å². The zero-order chi connectivity index (χ0) is 13.6. The van der Waals surface area contributed by atoms with Gasteiger partial charge in [0, 0.05) is 29.9 Å². The molecule has 0 aliphatic carbocycles. The molecule has 5 nitrogen and oxygen atoms in total. The zero-order valence-electron chi connectivity index (χ0n) is 10.3. The monoisotopic (exact) mass is 259 g/mol. The number of rotatable bonds is 2.